The average molecular weight is 167 g/mol. The fraction of sp³-hybridized carbons (Fsp3) is 0.917. The first-order valence-corrected chi connectivity index (χ1v) is 5.68. The number of rotatable bonds is 4. The average Bonchev–Trinajstić information content (AvgIpc) is 2.15. The van der Waals surface area contributed by atoms with Gasteiger partial charge in [0.1, 0.15) is 0 Å². The van der Waals surface area contributed by atoms with Gasteiger partial charge < -0.3 is 0 Å². The van der Waals surface area contributed by atoms with Crippen LogP contribution < -0.4 is 0 Å². The number of hydrogen-bond donors (Lipinski definition) is 0. The summed E-state index contributed by atoms with van der Waals surface area (Å²) in [6.45, 7) is 4.59. The minimum Gasteiger partial charge on any atom is -0.0651 e. The van der Waals surface area contributed by atoms with Crippen molar-refractivity contribution < 1.29 is 0 Å². The summed E-state index contributed by atoms with van der Waals surface area (Å²) in [5.41, 5.74) is 0. The van der Waals surface area contributed by atoms with Crippen molar-refractivity contribution in [2.75, 3.05) is 0 Å². The maximum absolute atomic E-state index is 2.46. The summed E-state index contributed by atoms with van der Waals surface area (Å²) in [7, 11) is 0. The predicted molar refractivity (Wildman–Crippen MR) is 54.9 cm³/mol. The molecule has 0 aromatic carbocycles. The Labute approximate surface area is 77.7 Å². The Balaban J connectivity index is 2.16. The Hall–Kier alpha value is 0. The summed E-state index contributed by atoms with van der Waals surface area (Å²) in [5, 5.41) is 0. The summed E-state index contributed by atoms with van der Waals surface area (Å²) in [6.07, 6.45) is 12.5. The monoisotopic (exact) mass is 167 g/mol. The molecule has 0 bridgehead atoms. The third-order valence-corrected chi connectivity index (χ3v) is 3.26. The van der Waals surface area contributed by atoms with Gasteiger partial charge in [0.25, 0.3) is 0 Å². The molecule has 0 aliphatic heterocycles. The molecule has 0 saturated heterocycles. The maximum Gasteiger partial charge on any atom is -0.0386 e. The molecule has 0 aromatic heterocycles. The Morgan fingerprint density at radius 2 is 1.92 bits per heavy atom. The zero-order valence-electron chi connectivity index (χ0n) is 8.68. The molecule has 0 spiro atoms. The van der Waals surface area contributed by atoms with Gasteiger partial charge >= 0.3 is 0 Å². The lowest BCUT2D eigenvalue weighted by Crippen LogP contribution is -2.14. The van der Waals surface area contributed by atoms with Gasteiger partial charge in [0.15, 0.2) is 0 Å². The van der Waals surface area contributed by atoms with E-state index in [4.69, 9.17) is 0 Å². The fourth-order valence-electron chi connectivity index (χ4n) is 2.39. The summed E-state index contributed by atoms with van der Waals surface area (Å²) in [4.78, 5) is 0. The highest BCUT2D eigenvalue weighted by atomic mass is 14.2. The van der Waals surface area contributed by atoms with Crippen molar-refractivity contribution in [3.63, 3.8) is 0 Å². The zero-order chi connectivity index (χ0) is 8.81. The quantitative estimate of drug-likeness (QED) is 0.588. The van der Waals surface area contributed by atoms with Crippen molar-refractivity contribution >= 4 is 0 Å². The highest BCUT2D eigenvalue weighted by Crippen LogP contribution is 2.33. The minimum absolute atomic E-state index is 1.03. The van der Waals surface area contributed by atoms with Crippen molar-refractivity contribution in [3.8, 4) is 0 Å². The first-order valence-electron chi connectivity index (χ1n) is 5.68. The zero-order valence-corrected chi connectivity index (χ0v) is 8.68. The lowest BCUT2D eigenvalue weighted by molar-refractivity contribution is 0.257. The van der Waals surface area contributed by atoms with Gasteiger partial charge in [-0.25, -0.2) is 0 Å². The van der Waals surface area contributed by atoms with E-state index in [1.54, 1.807) is 0 Å². The molecule has 0 N–H and O–H groups in total. The summed E-state index contributed by atoms with van der Waals surface area (Å²) < 4.78 is 0. The molecule has 1 aliphatic carbocycles. The first-order chi connectivity index (χ1) is 5.86. The van der Waals surface area contributed by atoms with Gasteiger partial charge in [-0.15, -0.1) is 0 Å². The highest BCUT2D eigenvalue weighted by molar-refractivity contribution is 4.76. The second-order valence-electron chi connectivity index (χ2n) is 4.24. The summed E-state index contributed by atoms with van der Waals surface area (Å²) in [6, 6.07) is 0. The summed E-state index contributed by atoms with van der Waals surface area (Å²) in [5.74, 6) is 2.08. The third-order valence-electron chi connectivity index (χ3n) is 3.26. The second-order valence-corrected chi connectivity index (χ2v) is 4.24. The summed E-state index contributed by atoms with van der Waals surface area (Å²) >= 11 is 0. The number of unbranched alkanes of at least 4 members (excludes halogenated alkanes) is 1. The molecule has 1 aliphatic rings. The third kappa shape index (κ3) is 3.16. The maximum atomic E-state index is 2.46. The Kier molecular flexibility index (Phi) is 4.72. The van der Waals surface area contributed by atoms with E-state index in [0.717, 1.165) is 11.8 Å². The predicted octanol–water partition coefficient (Wildman–Crippen LogP) is 4.21. The van der Waals surface area contributed by atoms with Crippen molar-refractivity contribution in [2.45, 2.75) is 58.8 Å². The van der Waals surface area contributed by atoms with Gasteiger partial charge in [0.05, 0.1) is 0 Å². The molecule has 12 heavy (non-hydrogen) atoms. The van der Waals surface area contributed by atoms with E-state index in [-0.39, 0.29) is 0 Å². The molecule has 0 heteroatoms. The van der Waals surface area contributed by atoms with E-state index in [1.165, 1.54) is 44.9 Å². The van der Waals surface area contributed by atoms with Gasteiger partial charge in [0, 0.05) is 0 Å². The van der Waals surface area contributed by atoms with Crippen LogP contribution in [0.15, 0.2) is 0 Å². The van der Waals surface area contributed by atoms with Crippen LogP contribution in [-0.2, 0) is 0 Å². The fourth-order valence-corrected chi connectivity index (χ4v) is 2.39. The van der Waals surface area contributed by atoms with Crippen LogP contribution in [-0.4, -0.2) is 0 Å². The van der Waals surface area contributed by atoms with E-state index in [9.17, 15) is 0 Å². The molecule has 2 atom stereocenters. The molecule has 0 amide bonds. The molecule has 1 fully saturated rings. The Bertz CT molecular complexity index is 107. The van der Waals surface area contributed by atoms with Gasteiger partial charge in [-0.1, -0.05) is 46.0 Å². The van der Waals surface area contributed by atoms with Crippen LogP contribution in [0, 0.1) is 18.3 Å². The van der Waals surface area contributed by atoms with E-state index in [1.807, 2.05) is 0 Å². The number of hydrogen-bond acceptors (Lipinski definition) is 0. The van der Waals surface area contributed by atoms with Crippen molar-refractivity contribution in [2.24, 2.45) is 11.8 Å². The molecular weight excluding hydrogens is 144 g/mol. The van der Waals surface area contributed by atoms with Gasteiger partial charge in [-0.3, -0.25) is 0 Å². The van der Waals surface area contributed by atoms with Crippen LogP contribution in [0.3, 0.4) is 0 Å². The molecule has 0 nitrogen and oxygen atoms in total. The van der Waals surface area contributed by atoms with E-state index in [0.29, 0.717) is 0 Å². The van der Waals surface area contributed by atoms with E-state index >= 15 is 0 Å². The first kappa shape index (κ1) is 10.1. The van der Waals surface area contributed by atoms with Crippen molar-refractivity contribution in [3.05, 3.63) is 6.42 Å². The standard InChI is InChI=1S/C12H23/c1-3-5-7-12-9-6-8-11(4-2)10-12/h5,11-12H,3-4,6-10H2,1-2H3. The largest absolute Gasteiger partial charge is 0.0651 e. The topological polar surface area (TPSA) is 0 Å². The van der Waals surface area contributed by atoms with E-state index in [2.05, 4.69) is 20.3 Å². The van der Waals surface area contributed by atoms with Crippen LogP contribution in [0.1, 0.15) is 58.8 Å². The van der Waals surface area contributed by atoms with Crippen LogP contribution in [0.25, 0.3) is 0 Å². The Morgan fingerprint density at radius 3 is 2.58 bits per heavy atom. The molecular formula is C12H23. The molecule has 2 unspecified atom stereocenters. The van der Waals surface area contributed by atoms with Crippen molar-refractivity contribution in [1.82, 2.24) is 0 Å². The van der Waals surface area contributed by atoms with Crippen molar-refractivity contribution in [1.29, 1.82) is 0 Å². The van der Waals surface area contributed by atoms with Crippen LogP contribution in [0.4, 0.5) is 0 Å². The molecule has 1 saturated carbocycles. The van der Waals surface area contributed by atoms with Gasteiger partial charge in [-0.2, -0.15) is 0 Å². The molecule has 1 radical (unpaired) electrons. The normalized spacial score (nSPS) is 30.5. The molecule has 1 rings (SSSR count). The van der Waals surface area contributed by atoms with Crippen LogP contribution in [0.2, 0.25) is 0 Å². The van der Waals surface area contributed by atoms with E-state index < -0.39 is 0 Å². The lowest BCUT2D eigenvalue weighted by Gasteiger charge is -2.28. The second kappa shape index (κ2) is 5.61. The smallest absolute Gasteiger partial charge is 0.0386 e. The van der Waals surface area contributed by atoms with Gasteiger partial charge in [-0.05, 0) is 31.1 Å². The molecule has 0 aromatic rings. The minimum atomic E-state index is 1.03. The lowest BCUT2D eigenvalue weighted by atomic mass is 9.78. The SMILES string of the molecule is CC[CH]CC1CCCC(CC)C1. The molecule has 0 heterocycles. The van der Waals surface area contributed by atoms with Gasteiger partial charge in [0.2, 0.25) is 0 Å². The van der Waals surface area contributed by atoms with Crippen LogP contribution >= 0.6 is 0 Å². The molecule has 71 valence electrons. The highest BCUT2D eigenvalue weighted by Gasteiger charge is 2.19. The van der Waals surface area contributed by atoms with Crippen LogP contribution in [0.5, 0.6) is 0 Å². The Morgan fingerprint density at radius 1 is 1.17 bits per heavy atom.